The highest BCUT2D eigenvalue weighted by Crippen LogP contribution is 2.20. The minimum atomic E-state index is -0.310. The first-order valence-electron chi connectivity index (χ1n) is 12.0. The molecule has 3 aromatic rings. The zero-order chi connectivity index (χ0) is 24.6. The van der Waals surface area contributed by atoms with E-state index in [1.54, 1.807) is 33.3 Å². The minimum absolute atomic E-state index is 0.0168. The topological polar surface area (TPSA) is 49.9 Å². The number of ether oxygens (including phenoxy) is 1. The van der Waals surface area contributed by atoms with Crippen molar-refractivity contribution < 1.29 is 18.7 Å². The van der Waals surface area contributed by atoms with E-state index in [9.17, 15) is 14.0 Å². The summed E-state index contributed by atoms with van der Waals surface area (Å²) in [6, 6.07) is 19.8. The number of nitrogens with zero attached hydrogens (tertiary/aromatic N) is 2. The van der Waals surface area contributed by atoms with Crippen LogP contribution in [0, 0.1) is 12.7 Å². The van der Waals surface area contributed by atoms with Crippen LogP contribution in [0.1, 0.15) is 33.7 Å². The minimum Gasteiger partial charge on any atom is -0.376 e. The van der Waals surface area contributed by atoms with E-state index in [4.69, 9.17) is 4.74 Å². The summed E-state index contributed by atoms with van der Waals surface area (Å²) in [6.45, 7) is 3.89. The molecule has 2 amide bonds. The molecule has 35 heavy (non-hydrogen) atoms. The standard InChI is InChI=1S/C28H31FN2O3S/c1-21-9-14-26(35-21)19-30(17-23-10-12-24(29)13-11-23)28(33)20-31(18-25-8-5-15-34-25)27(32)16-22-6-3-2-4-7-22/h2-4,6-7,9-14,25H,5,8,15-20H2,1H3/t25-/m0/s1. The Balaban J connectivity index is 1.51. The summed E-state index contributed by atoms with van der Waals surface area (Å²) in [5.41, 5.74) is 1.76. The largest absolute Gasteiger partial charge is 0.376 e. The normalized spacial score (nSPS) is 15.2. The molecule has 0 bridgehead atoms. The van der Waals surface area contributed by atoms with Crippen molar-refractivity contribution in [2.24, 2.45) is 0 Å². The Morgan fingerprint density at radius 3 is 2.37 bits per heavy atom. The zero-order valence-corrected chi connectivity index (χ0v) is 20.8. The van der Waals surface area contributed by atoms with Crippen LogP contribution in [0.3, 0.4) is 0 Å². The van der Waals surface area contributed by atoms with E-state index in [0.717, 1.165) is 28.8 Å². The van der Waals surface area contributed by atoms with E-state index < -0.39 is 0 Å². The monoisotopic (exact) mass is 494 g/mol. The number of thiophene rings is 1. The predicted octanol–water partition coefficient (Wildman–Crippen LogP) is 4.97. The molecule has 4 rings (SSSR count). The lowest BCUT2D eigenvalue weighted by molar-refractivity contribution is -0.142. The molecular weight excluding hydrogens is 463 g/mol. The average molecular weight is 495 g/mol. The molecule has 1 aliphatic rings. The highest BCUT2D eigenvalue weighted by molar-refractivity contribution is 7.11. The molecule has 1 aliphatic heterocycles. The van der Waals surface area contributed by atoms with Crippen LogP contribution in [0.25, 0.3) is 0 Å². The summed E-state index contributed by atoms with van der Waals surface area (Å²) >= 11 is 1.65. The average Bonchev–Trinajstić information content (AvgIpc) is 3.51. The molecule has 2 heterocycles. The molecule has 0 radical (unpaired) electrons. The van der Waals surface area contributed by atoms with E-state index in [1.165, 1.54) is 17.0 Å². The van der Waals surface area contributed by atoms with Gasteiger partial charge in [0.25, 0.3) is 0 Å². The summed E-state index contributed by atoms with van der Waals surface area (Å²) in [7, 11) is 0. The molecule has 2 aromatic carbocycles. The SMILES string of the molecule is Cc1ccc(CN(Cc2ccc(F)cc2)C(=O)CN(C[C@@H]2CCCO2)C(=O)Cc2ccccc2)s1. The number of benzene rings is 2. The molecule has 0 saturated carbocycles. The van der Waals surface area contributed by atoms with Crippen LogP contribution in [-0.2, 0) is 33.8 Å². The van der Waals surface area contributed by atoms with Crippen molar-refractivity contribution in [1.82, 2.24) is 9.80 Å². The van der Waals surface area contributed by atoms with E-state index in [2.05, 4.69) is 0 Å². The van der Waals surface area contributed by atoms with Gasteiger partial charge in [-0.2, -0.15) is 0 Å². The Hall–Kier alpha value is -3.03. The number of halogens is 1. The van der Waals surface area contributed by atoms with Gasteiger partial charge >= 0.3 is 0 Å². The number of hydrogen-bond acceptors (Lipinski definition) is 4. The summed E-state index contributed by atoms with van der Waals surface area (Å²) < 4.78 is 19.2. The highest BCUT2D eigenvalue weighted by Gasteiger charge is 2.26. The van der Waals surface area contributed by atoms with Crippen molar-refractivity contribution in [1.29, 1.82) is 0 Å². The van der Waals surface area contributed by atoms with Gasteiger partial charge in [0.15, 0.2) is 0 Å². The fraction of sp³-hybridized carbons (Fsp3) is 0.357. The molecule has 1 saturated heterocycles. The number of rotatable bonds is 10. The number of amides is 2. The van der Waals surface area contributed by atoms with Gasteiger partial charge in [0, 0.05) is 29.5 Å². The van der Waals surface area contributed by atoms with Crippen molar-refractivity contribution in [2.45, 2.75) is 45.4 Å². The molecule has 1 fully saturated rings. The van der Waals surface area contributed by atoms with E-state index in [1.807, 2.05) is 49.4 Å². The molecule has 0 spiro atoms. The van der Waals surface area contributed by atoms with Crippen molar-refractivity contribution in [3.8, 4) is 0 Å². The maximum atomic E-state index is 13.6. The van der Waals surface area contributed by atoms with Crippen molar-refractivity contribution >= 4 is 23.2 Å². The van der Waals surface area contributed by atoms with Crippen LogP contribution in [-0.4, -0.2) is 47.4 Å². The Morgan fingerprint density at radius 1 is 0.943 bits per heavy atom. The van der Waals surface area contributed by atoms with Crippen molar-refractivity contribution in [3.05, 3.63) is 93.4 Å². The number of aryl methyl sites for hydroxylation is 1. The lowest BCUT2D eigenvalue weighted by Gasteiger charge is -2.29. The predicted molar refractivity (Wildman–Crippen MR) is 135 cm³/mol. The van der Waals surface area contributed by atoms with Crippen LogP contribution in [0.2, 0.25) is 0 Å². The molecule has 7 heteroatoms. The third-order valence-corrected chi connectivity index (χ3v) is 7.09. The summed E-state index contributed by atoms with van der Waals surface area (Å²) in [6.07, 6.45) is 2.04. The molecule has 1 atom stereocenters. The quantitative estimate of drug-likeness (QED) is 0.400. The highest BCUT2D eigenvalue weighted by atomic mass is 32.1. The van der Waals surface area contributed by atoms with Crippen LogP contribution < -0.4 is 0 Å². The number of carbonyl (C=O) groups excluding carboxylic acids is 2. The third kappa shape index (κ3) is 7.47. The van der Waals surface area contributed by atoms with E-state index in [0.29, 0.717) is 26.2 Å². The second-order valence-electron chi connectivity index (χ2n) is 8.96. The Labute approximate surface area is 210 Å². The van der Waals surface area contributed by atoms with Gasteiger partial charge in [-0.1, -0.05) is 42.5 Å². The molecule has 5 nitrogen and oxygen atoms in total. The first-order valence-corrected chi connectivity index (χ1v) is 12.8. The van der Waals surface area contributed by atoms with E-state index >= 15 is 0 Å². The molecule has 0 aliphatic carbocycles. The van der Waals surface area contributed by atoms with Crippen molar-refractivity contribution in [3.63, 3.8) is 0 Å². The summed E-state index contributed by atoms with van der Waals surface area (Å²) in [5, 5.41) is 0. The van der Waals surface area contributed by atoms with Gasteiger partial charge in [-0.15, -0.1) is 11.3 Å². The Bertz CT molecular complexity index is 1110. The second kappa shape index (κ2) is 12.1. The Kier molecular flexibility index (Phi) is 8.66. The molecule has 0 N–H and O–H groups in total. The van der Waals surface area contributed by atoms with Crippen LogP contribution in [0.4, 0.5) is 4.39 Å². The fourth-order valence-electron chi connectivity index (χ4n) is 4.23. The van der Waals surface area contributed by atoms with Crippen LogP contribution >= 0.6 is 11.3 Å². The van der Waals surface area contributed by atoms with Crippen LogP contribution in [0.5, 0.6) is 0 Å². The second-order valence-corrected chi connectivity index (χ2v) is 10.3. The fourth-order valence-corrected chi connectivity index (χ4v) is 5.14. The summed E-state index contributed by atoms with van der Waals surface area (Å²) in [5.74, 6) is -0.539. The van der Waals surface area contributed by atoms with E-state index in [-0.39, 0.29) is 36.7 Å². The van der Waals surface area contributed by atoms with Gasteiger partial charge in [-0.05, 0) is 55.2 Å². The maximum Gasteiger partial charge on any atom is 0.242 e. The van der Waals surface area contributed by atoms with Gasteiger partial charge in [0.05, 0.1) is 25.6 Å². The number of carbonyl (C=O) groups is 2. The molecule has 1 aromatic heterocycles. The lowest BCUT2D eigenvalue weighted by Crippen LogP contribution is -2.45. The van der Waals surface area contributed by atoms with Gasteiger partial charge < -0.3 is 14.5 Å². The van der Waals surface area contributed by atoms with Gasteiger partial charge in [-0.25, -0.2) is 4.39 Å². The number of hydrogen-bond donors (Lipinski definition) is 0. The zero-order valence-electron chi connectivity index (χ0n) is 20.0. The third-order valence-electron chi connectivity index (χ3n) is 6.11. The molecule has 0 unspecified atom stereocenters. The molecular formula is C28H31FN2O3S. The van der Waals surface area contributed by atoms with Crippen molar-refractivity contribution in [2.75, 3.05) is 19.7 Å². The first kappa shape index (κ1) is 25.1. The van der Waals surface area contributed by atoms with Gasteiger partial charge in [-0.3, -0.25) is 9.59 Å². The van der Waals surface area contributed by atoms with Gasteiger partial charge in [0.2, 0.25) is 11.8 Å². The summed E-state index contributed by atoms with van der Waals surface area (Å²) in [4.78, 5) is 32.5. The van der Waals surface area contributed by atoms with Crippen LogP contribution in [0.15, 0.2) is 66.7 Å². The first-order chi connectivity index (χ1) is 17.0. The maximum absolute atomic E-state index is 13.6. The molecule has 184 valence electrons. The Morgan fingerprint density at radius 2 is 1.71 bits per heavy atom. The smallest absolute Gasteiger partial charge is 0.242 e. The van der Waals surface area contributed by atoms with Gasteiger partial charge in [0.1, 0.15) is 5.82 Å². The lowest BCUT2D eigenvalue weighted by atomic mass is 10.1.